The second-order valence-electron chi connectivity index (χ2n) is 5.56. The SMILES string of the molecule is CS[C@H]1C[C@@H](C)[C@H](NC(=O)OC(C)(C)C)C1. The number of ether oxygens (including phenoxy) is 1. The van der Waals surface area contributed by atoms with Crippen molar-refractivity contribution < 1.29 is 9.53 Å². The Labute approximate surface area is 103 Å². The van der Waals surface area contributed by atoms with E-state index in [0.717, 1.165) is 6.42 Å². The number of amides is 1. The van der Waals surface area contributed by atoms with E-state index in [1.54, 1.807) is 0 Å². The van der Waals surface area contributed by atoms with E-state index in [1.807, 2.05) is 32.5 Å². The fourth-order valence-corrected chi connectivity index (χ4v) is 2.94. The lowest BCUT2D eigenvalue weighted by molar-refractivity contribution is 0.0495. The first-order valence-corrected chi connectivity index (χ1v) is 7.13. The van der Waals surface area contributed by atoms with Gasteiger partial charge in [-0.15, -0.1) is 0 Å². The van der Waals surface area contributed by atoms with Crippen LogP contribution in [-0.4, -0.2) is 29.2 Å². The van der Waals surface area contributed by atoms with Gasteiger partial charge in [-0.1, -0.05) is 6.92 Å². The van der Waals surface area contributed by atoms with E-state index < -0.39 is 5.60 Å². The maximum atomic E-state index is 11.6. The van der Waals surface area contributed by atoms with Crippen molar-refractivity contribution in [2.24, 2.45) is 5.92 Å². The number of rotatable bonds is 2. The number of carbonyl (C=O) groups is 1. The molecular formula is C12H23NO2S. The van der Waals surface area contributed by atoms with Crippen molar-refractivity contribution in [3.63, 3.8) is 0 Å². The van der Waals surface area contributed by atoms with E-state index in [2.05, 4.69) is 18.5 Å². The molecule has 0 saturated heterocycles. The molecule has 0 aromatic heterocycles. The number of thioether (sulfide) groups is 1. The molecule has 0 unspecified atom stereocenters. The summed E-state index contributed by atoms with van der Waals surface area (Å²) in [6.07, 6.45) is 4.09. The van der Waals surface area contributed by atoms with Gasteiger partial charge >= 0.3 is 6.09 Å². The zero-order valence-electron chi connectivity index (χ0n) is 10.9. The zero-order chi connectivity index (χ0) is 12.3. The van der Waals surface area contributed by atoms with Gasteiger partial charge in [-0.05, 0) is 45.8 Å². The Morgan fingerprint density at radius 2 is 2.00 bits per heavy atom. The molecule has 1 N–H and O–H groups in total. The van der Waals surface area contributed by atoms with Crippen LogP contribution in [0.3, 0.4) is 0 Å². The smallest absolute Gasteiger partial charge is 0.407 e. The van der Waals surface area contributed by atoms with Crippen LogP contribution < -0.4 is 5.32 Å². The van der Waals surface area contributed by atoms with Crippen molar-refractivity contribution in [2.45, 2.75) is 57.4 Å². The van der Waals surface area contributed by atoms with E-state index in [9.17, 15) is 4.79 Å². The van der Waals surface area contributed by atoms with Crippen LogP contribution in [0.4, 0.5) is 4.79 Å². The van der Waals surface area contributed by atoms with E-state index in [0.29, 0.717) is 11.2 Å². The highest BCUT2D eigenvalue weighted by atomic mass is 32.2. The summed E-state index contributed by atoms with van der Waals surface area (Å²) in [6, 6.07) is 0.271. The average molecular weight is 245 g/mol. The van der Waals surface area contributed by atoms with Crippen LogP contribution in [-0.2, 0) is 4.74 Å². The normalized spacial score (nSPS) is 30.2. The predicted octanol–water partition coefficient (Wildman–Crippen LogP) is 3.04. The molecule has 4 heteroatoms. The Hall–Kier alpha value is -0.380. The maximum absolute atomic E-state index is 11.6. The predicted molar refractivity (Wildman–Crippen MR) is 68.9 cm³/mol. The third-order valence-corrected chi connectivity index (χ3v) is 3.93. The first kappa shape index (κ1) is 13.7. The molecule has 16 heavy (non-hydrogen) atoms. The van der Waals surface area contributed by atoms with Crippen molar-refractivity contribution >= 4 is 17.9 Å². The first-order chi connectivity index (χ1) is 7.31. The van der Waals surface area contributed by atoms with Gasteiger partial charge in [-0.3, -0.25) is 0 Å². The summed E-state index contributed by atoms with van der Waals surface area (Å²) in [5.41, 5.74) is -0.412. The zero-order valence-corrected chi connectivity index (χ0v) is 11.7. The second kappa shape index (κ2) is 5.30. The van der Waals surface area contributed by atoms with Gasteiger partial charge in [0.1, 0.15) is 5.60 Å². The Morgan fingerprint density at radius 1 is 1.38 bits per heavy atom. The topological polar surface area (TPSA) is 38.3 Å². The average Bonchev–Trinajstić information content (AvgIpc) is 2.44. The molecule has 0 radical (unpaired) electrons. The molecular weight excluding hydrogens is 222 g/mol. The van der Waals surface area contributed by atoms with Crippen molar-refractivity contribution in [2.75, 3.05) is 6.26 Å². The monoisotopic (exact) mass is 245 g/mol. The van der Waals surface area contributed by atoms with Crippen LogP contribution in [0.1, 0.15) is 40.5 Å². The molecule has 1 amide bonds. The number of alkyl carbamates (subject to hydrolysis) is 1. The molecule has 0 spiro atoms. The molecule has 1 rings (SSSR count). The van der Waals surface area contributed by atoms with Gasteiger partial charge in [0.2, 0.25) is 0 Å². The first-order valence-electron chi connectivity index (χ1n) is 5.84. The van der Waals surface area contributed by atoms with Gasteiger partial charge in [0.25, 0.3) is 0 Å². The van der Waals surface area contributed by atoms with Gasteiger partial charge in [-0.2, -0.15) is 11.8 Å². The Bertz CT molecular complexity index is 250. The van der Waals surface area contributed by atoms with Gasteiger partial charge in [0, 0.05) is 11.3 Å². The lowest BCUT2D eigenvalue weighted by Crippen LogP contribution is -2.40. The minimum absolute atomic E-state index is 0.271. The summed E-state index contributed by atoms with van der Waals surface area (Å²) in [5.74, 6) is 0.546. The summed E-state index contributed by atoms with van der Waals surface area (Å²) in [7, 11) is 0. The van der Waals surface area contributed by atoms with Crippen LogP contribution in [0.25, 0.3) is 0 Å². The standard InChI is InChI=1S/C12H23NO2S/c1-8-6-9(16-5)7-10(8)13-11(14)15-12(2,3)4/h8-10H,6-7H2,1-5H3,(H,13,14)/t8-,9+,10-/m1/s1. The molecule has 0 heterocycles. The quantitative estimate of drug-likeness (QED) is 0.812. The number of nitrogens with one attached hydrogen (secondary N) is 1. The van der Waals surface area contributed by atoms with Crippen LogP contribution in [0.15, 0.2) is 0 Å². The van der Waals surface area contributed by atoms with Crippen LogP contribution in [0.5, 0.6) is 0 Å². The third-order valence-electron chi connectivity index (χ3n) is 2.87. The van der Waals surface area contributed by atoms with Crippen LogP contribution >= 0.6 is 11.8 Å². The highest BCUT2D eigenvalue weighted by Gasteiger charge is 2.32. The van der Waals surface area contributed by atoms with Gasteiger partial charge in [0.15, 0.2) is 0 Å². The molecule has 3 atom stereocenters. The lowest BCUT2D eigenvalue weighted by Gasteiger charge is -2.23. The second-order valence-corrected chi connectivity index (χ2v) is 6.70. The fourth-order valence-electron chi connectivity index (χ4n) is 2.04. The Balaban J connectivity index is 2.40. The maximum Gasteiger partial charge on any atom is 0.407 e. The summed E-state index contributed by atoms with van der Waals surface area (Å²) in [5, 5.41) is 3.65. The van der Waals surface area contributed by atoms with Gasteiger partial charge in [0.05, 0.1) is 0 Å². The van der Waals surface area contributed by atoms with E-state index in [4.69, 9.17) is 4.74 Å². The molecule has 94 valence electrons. The van der Waals surface area contributed by atoms with Crippen molar-refractivity contribution in [1.82, 2.24) is 5.32 Å². The summed E-state index contributed by atoms with van der Waals surface area (Å²) >= 11 is 1.89. The molecule has 1 saturated carbocycles. The molecule has 0 bridgehead atoms. The third kappa shape index (κ3) is 4.24. The van der Waals surface area contributed by atoms with Gasteiger partial charge < -0.3 is 10.1 Å². The number of hydrogen-bond donors (Lipinski definition) is 1. The highest BCUT2D eigenvalue weighted by molar-refractivity contribution is 7.99. The molecule has 0 aromatic carbocycles. The van der Waals surface area contributed by atoms with Crippen molar-refractivity contribution in [3.05, 3.63) is 0 Å². The molecule has 1 aliphatic rings. The van der Waals surface area contributed by atoms with E-state index in [1.165, 1.54) is 6.42 Å². The van der Waals surface area contributed by atoms with Gasteiger partial charge in [-0.25, -0.2) is 4.79 Å². The molecule has 3 nitrogen and oxygen atoms in total. The lowest BCUT2D eigenvalue weighted by atomic mass is 10.1. The number of carbonyl (C=O) groups excluding carboxylic acids is 1. The Kier molecular flexibility index (Phi) is 4.53. The molecule has 0 aromatic rings. The Morgan fingerprint density at radius 3 is 2.44 bits per heavy atom. The molecule has 1 aliphatic carbocycles. The highest BCUT2D eigenvalue weighted by Crippen LogP contribution is 2.32. The van der Waals surface area contributed by atoms with Crippen LogP contribution in [0, 0.1) is 5.92 Å². The minimum Gasteiger partial charge on any atom is -0.444 e. The van der Waals surface area contributed by atoms with Crippen molar-refractivity contribution in [1.29, 1.82) is 0 Å². The minimum atomic E-state index is -0.412. The van der Waals surface area contributed by atoms with E-state index in [-0.39, 0.29) is 12.1 Å². The number of hydrogen-bond acceptors (Lipinski definition) is 3. The van der Waals surface area contributed by atoms with E-state index >= 15 is 0 Å². The summed E-state index contributed by atoms with van der Waals surface area (Å²) < 4.78 is 5.26. The summed E-state index contributed by atoms with van der Waals surface area (Å²) in [4.78, 5) is 11.6. The molecule has 1 fully saturated rings. The van der Waals surface area contributed by atoms with Crippen LogP contribution in [0.2, 0.25) is 0 Å². The summed E-state index contributed by atoms with van der Waals surface area (Å²) in [6.45, 7) is 7.85. The molecule has 0 aliphatic heterocycles. The fraction of sp³-hybridized carbons (Fsp3) is 0.917. The van der Waals surface area contributed by atoms with Crippen molar-refractivity contribution in [3.8, 4) is 0 Å². The largest absolute Gasteiger partial charge is 0.444 e.